The first-order chi connectivity index (χ1) is 8.70. The normalized spacial score (nSPS) is 24.2. The Bertz CT molecular complexity index is 351. The summed E-state index contributed by atoms with van der Waals surface area (Å²) in [6, 6.07) is -0.330. The van der Waals surface area contributed by atoms with E-state index in [1.807, 2.05) is 20.8 Å². The van der Waals surface area contributed by atoms with E-state index >= 15 is 0 Å². The van der Waals surface area contributed by atoms with Gasteiger partial charge >= 0.3 is 6.09 Å². The Morgan fingerprint density at radius 1 is 1.37 bits per heavy atom. The van der Waals surface area contributed by atoms with E-state index < -0.39 is 6.09 Å². The number of amides is 2. The molecule has 1 saturated heterocycles. The second-order valence-electron chi connectivity index (χ2n) is 6.05. The highest BCUT2D eigenvalue weighted by atomic mass is 16.7. The van der Waals surface area contributed by atoms with Crippen molar-refractivity contribution < 1.29 is 19.5 Å². The van der Waals surface area contributed by atoms with Crippen molar-refractivity contribution >= 4 is 12.0 Å². The highest BCUT2D eigenvalue weighted by Crippen LogP contribution is 2.36. The van der Waals surface area contributed by atoms with Crippen molar-refractivity contribution in [2.24, 2.45) is 11.3 Å². The molecule has 6 nitrogen and oxygen atoms in total. The van der Waals surface area contributed by atoms with Crippen molar-refractivity contribution in [2.45, 2.75) is 39.7 Å². The summed E-state index contributed by atoms with van der Waals surface area (Å²) < 4.78 is 0. The maximum absolute atomic E-state index is 12.3. The minimum Gasteiger partial charge on any atom is -0.465 e. The van der Waals surface area contributed by atoms with E-state index in [9.17, 15) is 14.7 Å². The topological polar surface area (TPSA) is 70.1 Å². The Labute approximate surface area is 114 Å². The lowest BCUT2D eigenvalue weighted by Gasteiger charge is -2.46. The summed E-state index contributed by atoms with van der Waals surface area (Å²) in [4.78, 5) is 30.1. The van der Waals surface area contributed by atoms with E-state index in [4.69, 9.17) is 4.84 Å². The van der Waals surface area contributed by atoms with Crippen molar-refractivity contribution in [1.82, 2.24) is 9.96 Å². The number of hydroxylamine groups is 2. The SMILES string of the molecule is CON(C)C(=O)C1CCCN(C(=O)O)[C@H]1C(C)(C)C. The van der Waals surface area contributed by atoms with Gasteiger partial charge in [0, 0.05) is 13.6 Å². The lowest BCUT2D eigenvalue weighted by atomic mass is 9.73. The van der Waals surface area contributed by atoms with Crippen LogP contribution < -0.4 is 0 Å². The minimum atomic E-state index is -0.961. The third-order valence-electron chi connectivity index (χ3n) is 3.67. The zero-order chi connectivity index (χ0) is 14.8. The number of hydrogen-bond acceptors (Lipinski definition) is 3. The number of likely N-dealkylation sites (tertiary alicyclic amines) is 1. The van der Waals surface area contributed by atoms with Crippen molar-refractivity contribution in [2.75, 3.05) is 20.7 Å². The highest BCUT2D eigenvalue weighted by molar-refractivity contribution is 5.79. The van der Waals surface area contributed by atoms with Gasteiger partial charge < -0.3 is 10.0 Å². The molecule has 1 aliphatic rings. The van der Waals surface area contributed by atoms with Crippen molar-refractivity contribution in [3.8, 4) is 0 Å². The molecule has 0 aliphatic carbocycles. The van der Waals surface area contributed by atoms with Crippen LogP contribution in [0.15, 0.2) is 0 Å². The van der Waals surface area contributed by atoms with Crippen LogP contribution in [0.1, 0.15) is 33.6 Å². The van der Waals surface area contributed by atoms with Crippen LogP contribution in [0.2, 0.25) is 0 Å². The van der Waals surface area contributed by atoms with Gasteiger partial charge in [-0.3, -0.25) is 9.63 Å². The summed E-state index contributed by atoms with van der Waals surface area (Å²) in [7, 11) is 2.99. The van der Waals surface area contributed by atoms with Crippen molar-refractivity contribution in [3.05, 3.63) is 0 Å². The fourth-order valence-corrected chi connectivity index (χ4v) is 2.86. The van der Waals surface area contributed by atoms with E-state index in [0.717, 1.165) is 0 Å². The van der Waals surface area contributed by atoms with Crippen LogP contribution in [0.5, 0.6) is 0 Å². The smallest absolute Gasteiger partial charge is 0.407 e. The van der Waals surface area contributed by atoms with Gasteiger partial charge in [0.2, 0.25) is 0 Å². The zero-order valence-electron chi connectivity index (χ0n) is 12.3. The predicted molar refractivity (Wildman–Crippen MR) is 70.5 cm³/mol. The molecule has 2 atom stereocenters. The Hall–Kier alpha value is -1.30. The third kappa shape index (κ3) is 3.37. The van der Waals surface area contributed by atoms with Gasteiger partial charge in [0.05, 0.1) is 19.1 Å². The van der Waals surface area contributed by atoms with Crippen LogP contribution in [0.4, 0.5) is 4.79 Å². The van der Waals surface area contributed by atoms with Gasteiger partial charge in [-0.25, -0.2) is 9.86 Å². The highest BCUT2D eigenvalue weighted by Gasteiger charge is 2.45. The van der Waals surface area contributed by atoms with Crippen LogP contribution in [0.3, 0.4) is 0 Å². The molecule has 2 amide bonds. The second kappa shape index (κ2) is 5.77. The van der Waals surface area contributed by atoms with Gasteiger partial charge in [0.1, 0.15) is 0 Å². The van der Waals surface area contributed by atoms with Crippen LogP contribution >= 0.6 is 0 Å². The maximum atomic E-state index is 12.3. The van der Waals surface area contributed by atoms with Gasteiger partial charge in [-0.05, 0) is 18.3 Å². The molecule has 1 aliphatic heterocycles. The summed E-state index contributed by atoms with van der Waals surface area (Å²) in [6.45, 7) is 6.38. The lowest BCUT2D eigenvalue weighted by molar-refractivity contribution is -0.178. The average Bonchev–Trinajstić information content (AvgIpc) is 2.34. The fourth-order valence-electron chi connectivity index (χ4n) is 2.86. The summed E-state index contributed by atoms with van der Waals surface area (Å²) in [6.07, 6.45) is 0.433. The molecule has 0 saturated carbocycles. The zero-order valence-corrected chi connectivity index (χ0v) is 12.3. The van der Waals surface area contributed by atoms with E-state index in [-0.39, 0.29) is 23.3 Å². The van der Waals surface area contributed by atoms with Crippen LogP contribution in [0, 0.1) is 11.3 Å². The molecule has 1 fully saturated rings. The minimum absolute atomic E-state index is 0.159. The Morgan fingerprint density at radius 3 is 2.37 bits per heavy atom. The molecule has 0 bridgehead atoms. The third-order valence-corrected chi connectivity index (χ3v) is 3.67. The number of carboxylic acid groups (broad SMARTS) is 1. The summed E-state index contributed by atoms with van der Waals surface area (Å²) in [5, 5.41) is 10.5. The first-order valence-electron chi connectivity index (χ1n) is 6.51. The monoisotopic (exact) mass is 272 g/mol. The first kappa shape index (κ1) is 15.8. The summed E-state index contributed by atoms with van der Waals surface area (Å²) in [5.41, 5.74) is -0.298. The Balaban J connectivity index is 3.06. The fraction of sp³-hybridized carbons (Fsp3) is 0.846. The standard InChI is InChI=1S/C13H24N2O4/c1-13(2,3)10-9(11(16)14(4)19-5)7-6-8-15(10)12(17)18/h9-10H,6-8H2,1-5H3,(H,17,18)/t9?,10-/m1/s1. The quantitative estimate of drug-likeness (QED) is 0.778. The van der Waals surface area contributed by atoms with E-state index in [1.165, 1.54) is 17.1 Å². The number of piperidine rings is 1. The molecule has 1 heterocycles. The molecule has 0 radical (unpaired) electrons. The summed E-state index contributed by atoms with van der Waals surface area (Å²) >= 11 is 0. The van der Waals surface area contributed by atoms with Crippen molar-refractivity contribution in [3.63, 3.8) is 0 Å². The lowest BCUT2D eigenvalue weighted by Crippen LogP contribution is -2.57. The molecule has 6 heteroatoms. The van der Waals surface area contributed by atoms with Crippen LogP contribution in [-0.4, -0.2) is 53.8 Å². The number of carbonyl (C=O) groups is 2. The predicted octanol–water partition coefficient (Wildman–Crippen LogP) is 1.81. The number of rotatable bonds is 2. The molecule has 1 unspecified atom stereocenters. The van der Waals surface area contributed by atoms with Crippen LogP contribution in [-0.2, 0) is 9.63 Å². The van der Waals surface area contributed by atoms with E-state index in [2.05, 4.69) is 0 Å². The molecule has 1 rings (SSSR count). The molecule has 110 valence electrons. The van der Waals surface area contributed by atoms with Gasteiger partial charge in [-0.15, -0.1) is 0 Å². The van der Waals surface area contributed by atoms with Gasteiger partial charge in [0.25, 0.3) is 5.91 Å². The number of carbonyl (C=O) groups excluding carboxylic acids is 1. The molecule has 0 aromatic carbocycles. The number of hydrogen-bond donors (Lipinski definition) is 1. The van der Waals surface area contributed by atoms with Gasteiger partial charge in [0.15, 0.2) is 0 Å². The molecule has 19 heavy (non-hydrogen) atoms. The maximum Gasteiger partial charge on any atom is 0.407 e. The van der Waals surface area contributed by atoms with Crippen molar-refractivity contribution in [1.29, 1.82) is 0 Å². The van der Waals surface area contributed by atoms with E-state index in [1.54, 1.807) is 7.05 Å². The molecular formula is C13H24N2O4. The first-order valence-corrected chi connectivity index (χ1v) is 6.51. The van der Waals surface area contributed by atoms with Gasteiger partial charge in [-0.2, -0.15) is 0 Å². The molecule has 0 spiro atoms. The molecule has 1 N–H and O–H groups in total. The number of nitrogens with zero attached hydrogens (tertiary/aromatic N) is 2. The second-order valence-corrected chi connectivity index (χ2v) is 6.05. The Morgan fingerprint density at radius 2 is 1.95 bits per heavy atom. The Kier molecular flexibility index (Phi) is 4.79. The van der Waals surface area contributed by atoms with Gasteiger partial charge in [-0.1, -0.05) is 20.8 Å². The largest absolute Gasteiger partial charge is 0.465 e. The molecular weight excluding hydrogens is 248 g/mol. The van der Waals surface area contributed by atoms with Crippen LogP contribution in [0.25, 0.3) is 0 Å². The summed E-state index contributed by atoms with van der Waals surface area (Å²) in [5.74, 6) is -0.511. The average molecular weight is 272 g/mol. The molecule has 0 aromatic heterocycles. The molecule has 0 aromatic rings. The van der Waals surface area contributed by atoms with E-state index in [0.29, 0.717) is 19.4 Å².